The molecule has 114 valence electrons. The molecule has 0 aromatic rings. The van der Waals surface area contributed by atoms with Crippen molar-refractivity contribution < 1.29 is 4.74 Å². The van der Waals surface area contributed by atoms with Crippen LogP contribution in [0.15, 0.2) is 0 Å². The molecule has 0 amide bonds. The Morgan fingerprint density at radius 2 is 1.74 bits per heavy atom. The minimum Gasteiger partial charge on any atom is -0.384 e. The van der Waals surface area contributed by atoms with Crippen LogP contribution in [0.3, 0.4) is 0 Å². The Hall–Kier alpha value is 0.270. The summed E-state index contributed by atoms with van der Waals surface area (Å²) in [6, 6.07) is 0. The van der Waals surface area contributed by atoms with Gasteiger partial charge in [-0.2, -0.15) is 12.6 Å². The highest BCUT2D eigenvalue weighted by atomic mass is 32.1. The van der Waals surface area contributed by atoms with E-state index in [-0.39, 0.29) is 0 Å². The number of rotatable bonds is 9. The number of ether oxygens (including phenoxy) is 1. The highest BCUT2D eigenvalue weighted by molar-refractivity contribution is 7.80. The minimum absolute atomic E-state index is 0.445. The van der Waals surface area contributed by atoms with E-state index in [4.69, 9.17) is 4.74 Å². The van der Waals surface area contributed by atoms with Crippen molar-refractivity contribution in [1.82, 2.24) is 4.90 Å². The predicted molar refractivity (Wildman–Crippen MR) is 87.1 cm³/mol. The van der Waals surface area contributed by atoms with Crippen LogP contribution in [0.5, 0.6) is 0 Å². The van der Waals surface area contributed by atoms with E-state index in [1.54, 1.807) is 0 Å². The van der Waals surface area contributed by atoms with Crippen molar-refractivity contribution in [3.8, 4) is 0 Å². The summed E-state index contributed by atoms with van der Waals surface area (Å²) in [5.41, 5.74) is 0.445. The van der Waals surface area contributed by atoms with Crippen LogP contribution in [0.4, 0.5) is 0 Å². The van der Waals surface area contributed by atoms with Gasteiger partial charge in [0.05, 0.1) is 0 Å². The van der Waals surface area contributed by atoms with Crippen molar-refractivity contribution in [3.63, 3.8) is 0 Å². The number of likely N-dealkylation sites (tertiary alicyclic amines) is 1. The first-order chi connectivity index (χ1) is 9.19. The third kappa shape index (κ3) is 5.65. The molecule has 1 heterocycles. The SMILES string of the molecule is CCCC(CS)(CCC)CN1CCC(COC)CC1. The van der Waals surface area contributed by atoms with Crippen LogP contribution in [-0.4, -0.2) is 44.0 Å². The van der Waals surface area contributed by atoms with Crippen LogP contribution in [0, 0.1) is 11.3 Å². The van der Waals surface area contributed by atoms with Gasteiger partial charge in [0.15, 0.2) is 0 Å². The van der Waals surface area contributed by atoms with E-state index in [1.807, 2.05) is 7.11 Å². The molecule has 0 N–H and O–H groups in total. The fourth-order valence-electron chi connectivity index (χ4n) is 3.57. The molecule has 0 unspecified atom stereocenters. The summed E-state index contributed by atoms with van der Waals surface area (Å²) in [4.78, 5) is 2.67. The lowest BCUT2D eigenvalue weighted by Gasteiger charge is -2.40. The van der Waals surface area contributed by atoms with Gasteiger partial charge in [-0.3, -0.25) is 0 Å². The second kappa shape index (κ2) is 9.25. The highest BCUT2D eigenvalue weighted by Gasteiger charge is 2.31. The van der Waals surface area contributed by atoms with Gasteiger partial charge in [0.25, 0.3) is 0 Å². The molecule has 0 aliphatic carbocycles. The number of thiol groups is 1. The van der Waals surface area contributed by atoms with Crippen molar-refractivity contribution in [2.75, 3.05) is 39.1 Å². The van der Waals surface area contributed by atoms with E-state index in [1.165, 1.54) is 58.2 Å². The standard InChI is InChI=1S/C16H33NOS/c1-4-8-16(14-19,9-5-2)13-17-10-6-15(7-11-17)12-18-3/h15,19H,4-14H2,1-3H3. The Labute approximate surface area is 125 Å². The lowest BCUT2D eigenvalue weighted by atomic mass is 9.80. The lowest BCUT2D eigenvalue weighted by molar-refractivity contribution is 0.0732. The Morgan fingerprint density at radius 1 is 1.16 bits per heavy atom. The fraction of sp³-hybridized carbons (Fsp3) is 1.00. The maximum absolute atomic E-state index is 5.29. The van der Waals surface area contributed by atoms with Crippen LogP contribution in [-0.2, 0) is 4.74 Å². The molecule has 1 rings (SSSR count). The highest BCUT2D eigenvalue weighted by Crippen LogP contribution is 2.33. The van der Waals surface area contributed by atoms with Crippen LogP contribution in [0.2, 0.25) is 0 Å². The van der Waals surface area contributed by atoms with Crippen LogP contribution < -0.4 is 0 Å². The molecule has 1 aliphatic heterocycles. The first kappa shape index (κ1) is 17.3. The Bertz CT molecular complexity index is 221. The Morgan fingerprint density at radius 3 is 2.16 bits per heavy atom. The zero-order chi connectivity index (χ0) is 14.1. The minimum atomic E-state index is 0.445. The largest absolute Gasteiger partial charge is 0.384 e. The molecule has 1 saturated heterocycles. The normalized spacial score (nSPS) is 18.9. The van der Waals surface area contributed by atoms with Crippen molar-refractivity contribution in [2.24, 2.45) is 11.3 Å². The molecule has 0 aromatic carbocycles. The smallest absolute Gasteiger partial charge is 0.0491 e. The molecule has 1 fully saturated rings. The molecule has 0 spiro atoms. The molecular formula is C16H33NOS. The zero-order valence-electron chi connectivity index (χ0n) is 13.2. The van der Waals surface area contributed by atoms with Crippen molar-refractivity contribution in [3.05, 3.63) is 0 Å². The van der Waals surface area contributed by atoms with Gasteiger partial charge in [-0.05, 0) is 55.9 Å². The number of hydrogen-bond acceptors (Lipinski definition) is 3. The number of methoxy groups -OCH3 is 1. The summed E-state index contributed by atoms with van der Waals surface area (Å²) in [7, 11) is 1.82. The molecule has 2 nitrogen and oxygen atoms in total. The van der Waals surface area contributed by atoms with Crippen molar-refractivity contribution in [1.29, 1.82) is 0 Å². The second-order valence-corrected chi connectivity index (χ2v) is 6.65. The van der Waals surface area contributed by atoms with E-state index in [0.717, 1.165) is 18.3 Å². The number of hydrogen-bond donors (Lipinski definition) is 1. The summed E-state index contributed by atoms with van der Waals surface area (Å²) in [6.45, 7) is 9.29. The summed E-state index contributed by atoms with van der Waals surface area (Å²) < 4.78 is 5.29. The molecule has 1 aliphatic rings. The van der Waals surface area contributed by atoms with Gasteiger partial charge in [-0.25, -0.2) is 0 Å². The average molecular weight is 288 g/mol. The zero-order valence-corrected chi connectivity index (χ0v) is 14.1. The van der Waals surface area contributed by atoms with Gasteiger partial charge in [-0.1, -0.05) is 26.7 Å². The van der Waals surface area contributed by atoms with Gasteiger partial charge in [-0.15, -0.1) is 0 Å². The summed E-state index contributed by atoms with van der Waals surface area (Å²) >= 11 is 4.67. The lowest BCUT2D eigenvalue weighted by Crippen LogP contribution is -2.43. The second-order valence-electron chi connectivity index (χ2n) is 6.33. The van der Waals surface area contributed by atoms with Gasteiger partial charge < -0.3 is 9.64 Å². The van der Waals surface area contributed by atoms with E-state index < -0.39 is 0 Å². The monoisotopic (exact) mass is 287 g/mol. The maximum Gasteiger partial charge on any atom is 0.0491 e. The van der Waals surface area contributed by atoms with E-state index in [9.17, 15) is 0 Å². The maximum atomic E-state index is 5.29. The van der Waals surface area contributed by atoms with Crippen molar-refractivity contribution >= 4 is 12.6 Å². The van der Waals surface area contributed by atoms with Crippen molar-refractivity contribution in [2.45, 2.75) is 52.4 Å². The summed E-state index contributed by atoms with van der Waals surface area (Å²) in [6.07, 6.45) is 7.80. The van der Waals surface area contributed by atoms with E-state index in [2.05, 4.69) is 31.4 Å². The van der Waals surface area contributed by atoms with Gasteiger partial charge in [0, 0.05) is 20.3 Å². The first-order valence-corrected chi connectivity index (χ1v) is 8.65. The van der Waals surface area contributed by atoms with Gasteiger partial charge in [0.1, 0.15) is 0 Å². The molecule has 0 radical (unpaired) electrons. The van der Waals surface area contributed by atoms with Crippen LogP contribution >= 0.6 is 12.6 Å². The van der Waals surface area contributed by atoms with Crippen LogP contribution in [0.25, 0.3) is 0 Å². The van der Waals surface area contributed by atoms with Crippen LogP contribution in [0.1, 0.15) is 52.4 Å². The molecule has 3 heteroatoms. The Kier molecular flexibility index (Phi) is 8.43. The van der Waals surface area contributed by atoms with E-state index >= 15 is 0 Å². The topological polar surface area (TPSA) is 12.5 Å². The molecule has 19 heavy (non-hydrogen) atoms. The number of nitrogens with zero attached hydrogens (tertiary/aromatic N) is 1. The molecule has 0 atom stereocenters. The summed E-state index contributed by atoms with van der Waals surface area (Å²) in [5.74, 6) is 1.82. The average Bonchev–Trinajstić information content (AvgIpc) is 2.42. The molecular weight excluding hydrogens is 254 g/mol. The number of piperidine rings is 1. The van der Waals surface area contributed by atoms with E-state index in [0.29, 0.717) is 5.41 Å². The summed E-state index contributed by atoms with van der Waals surface area (Å²) in [5, 5.41) is 0. The quantitative estimate of drug-likeness (QED) is 0.647. The first-order valence-electron chi connectivity index (χ1n) is 8.02. The fourth-order valence-corrected chi connectivity index (χ4v) is 3.99. The molecule has 0 aromatic heterocycles. The Balaban J connectivity index is 2.46. The molecule has 0 saturated carbocycles. The third-order valence-electron chi connectivity index (χ3n) is 4.56. The van der Waals surface area contributed by atoms with Gasteiger partial charge in [0.2, 0.25) is 0 Å². The third-order valence-corrected chi connectivity index (χ3v) is 5.24. The predicted octanol–water partition coefficient (Wildman–Crippen LogP) is 3.86. The molecule has 0 bridgehead atoms. The van der Waals surface area contributed by atoms with Gasteiger partial charge >= 0.3 is 0 Å².